The molecule has 0 bridgehead atoms. The van der Waals surface area contributed by atoms with Gasteiger partial charge in [-0.25, -0.2) is 23.2 Å². The van der Waals surface area contributed by atoms with Crippen LogP contribution in [-0.2, 0) is 14.8 Å². The van der Waals surface area contributed by atoms with Crippen molar-refractivity contribution in [2.75, 3.05) is 37.9 Å². The molecule has 3 rings (SSSR count). The van der Waals surface area contributed by atoms with E-state index in [1.165, 1.54) is 17.6 Å². The molecule has 10 nitrogen and oxygen atoms in total. The molecule has 0 saturated carbocycles. The highest BCUT2D eigenvalue weighted by atomic mass is 32.2. The minimum atomic E-state index is -3.38. The zero-order valence-electron chi connectivity index (χ0n) is 14.4. The number of hydrogen-bond acceptors (Lipinski definition) is 6. The number of hydrogen-bond donors (Lipinski definition) is 3. The molecule has 3 heterocycles. The van der Waals surface area contributed by atoms with Crippen LogP contribution in [0.2, 0.25) is 0 Å². The maximum Gasteiger partial charge on any atom is 0.320 e. The lowest BCUT2D eigenvalue weighted by Crippen LogP contribution is -2.51. The van der Waals surface area contributed by atoms with E-state index in [1.807, 2.05) is 0 Å². The minimum absolute atomic E-state index is 0.0608. The molecule has 1 aliphatic rings. The number of sulfonamides is 1. The molecular weight excluding hydrogens is 360 g/mol. The Hall–Kier alpha value is -2.24. The Bertz CT molecular complexity index is 868. The van der Waals surface area contributed by atoms with Gasteiger partial charge in [0, 0.05) is 32.4 Å². The number of nitrogens with zero attached hydrogens (tertiary/aromatic N) is 3. The molecule has 3 N–H and O–H groups in total. The summed E-state index contributed by atoms with van der Waals surface area (Å²) >= 11 is 0. The Morgan fingerprint density at radius 2 is 2.35 bits per heavy atom. The number of carbonyl (C=O) groups is 1. The molecule has 0 aliphatic carbocycles. The summed E-state index contributed by atoms with van der Waals surface area (Å²) < 4.78 is 30.8. The van der Waals surface area contributed by atoms with Gasteiger partial charge < -0.3 is 15.0 Å². The first kappa shape index (κ1) is 18.5. The van der Waals surface area contributed by atoms with Crippen LogP contribution >= 0.6 is 0 Å². The highest BCUT2D eigenvalue weighted by molar-refractivity contribution is 7.89. The molecule has 11 heteroatoms. The minimum Gasteiger partial charge on any atom is -0.384 e. The van der Waals surface area contributed by atoms with E-state index in [-0.39, 0.29) is 24.9 Å². The molecular formula is C15H22N6O4S. The summed E-state index contributed by atoms with van der Waals surface area (Å²) in [5.41, 5.74) is 1.29. The number of fused-ring (bicyclic) bond motifs is 1. The molecule has 0 radical (unpaired) electrons. The smallest absolute Gasteiger partial charge is 0.320 e. The van der Waals surface area contributed by atoms with Gasteiger partial charge in [-0.15, -0.1) is 0 Å². The number of anilines is 1. The Morgan fingerprint density at radius 3 is 3.15 bits per heavy atom. The van der Waals surface area contributed by atoms with Gasteiger partial charge >= 0.3 is 6.03 Å². The first-order valence-corrected chi connectivity index (χ1v) is 9.93. The van der Waals surface area contributed by atoms with Crippen LogP contribution in [0.15, 0.2) is 18.5 Å². The third kappa shape index (κ3) is 4.48. The van der Waals surface area contributed by atoms with Crippen molar-refractivity contribution in [3.05, 3.63) is 18.5 Å². The highest BCUT2D eigenvalue weighted by Gasteiger charge is 2.29. The fourth-order valence-corrected chi connectivity index (χ4v) is 4.31. The Labute approximate surface area is 151 Å². The first-order valence-electron chi connectivity index (χ1n) is 8.32. The van der Waals surface area contributed by atoms with Crippen molar-refractivity contribution < 1.29 is 17.9 Å². The van der Waals surface area contributed by atoms with Gasteiger partial charge in [0.2, 0.25) is 10.0 Å². The quantitative estimate of drug-likeness (QED) is 0.668. The number of rotatable bonds is 6. The van der Waals surface area contributed by atoms with Crippen molar-refractivity contribution in [3.63, 3.8) is 0 Å². The lowest BCUT2D eigenvalue weighted by molar-refractivity contribution is 0.213. The number of H-pyrrole nitrogens is 1. The van der Waals surface area contributed by atoms with E-state index in [0.29, 0.717) is 36.4 Å². The number of urea groups is 1. The summed E-state index contributed by atoms with van der Waals surface area (Å²) in [6.45, 7) is 0.862. The summed E-state index contributed by atoms with van der Waals surface area (Å²) in [6.07, 6.45) is 4.58. The standard InChI is InChI=1S/C15H22N6O4S/c1-25-7-8-26(23,24)21-6-2-3-11(10-21)18-15(22)20-13-9-17-14-12(19-13)4-5-16-14/h4-5,9,11H,2-3,6-8,10H2,1H3,(H,16,17)(H2,18,19,20,22)/t11-/m0/s1. The predicted octanol–water partition coefficient (Wildman–Crippen LogP) is 0.520. The van der Waals surface area contributed by atoms with Crippen LogP contribution in [0.1, 0.15) is 12.8 Å². The molecule has 0 spiro atoms. The van der Waals surface area contributed by atoms with Gasteiger partial charge in [0.1, 0.15) is 5.52 Å². The fourth-order valence-electron chi connectivity index (χ4n) is 2.86. The number of carbonyl (C=O) groups excluding carboxylic acids is 1. The molecule has 0 unspecified atom stereocenters. The SMILES string of the molecule is COCCS(=O)(=O)N1CCC[C@H](NC(=O)Nc2cnc3[nH]ccc3n2)C1. The van der Waals surface area contributed by atoms with E-state index in [2.05, 4.69) is 25.6 Å². The first-order chi connectivity index (χ1) is 12.5. The monoisotopic (exact) mass is 382 g/mol. The zero-order chi connectivity index (χ0) is 18.6. The third-order valence-corrected chi connectivity index (χ3v) is 5.96. The summed E-state index contributed by atoms with van der Waals surface area (Å²) in [5.74, 6) is 0.268. The van der Waals surface area contributed by atoms with E-state index in [4.69, 9.17) is 4.74 Å². The number of piperidine rings is 1. The summed E-state index contributed by atoms with van der Waals surface area (Å²) in [7, 11) is -1.91. The molecule has 1 aliphatic heterocycles. The average Bonchev–Trinajstić information content (AvgIpc) is 3.08. The molecule has 1 saturated heterocycles. The molecule has 1 atom stereocenters. The Morgan fingerprint density at radius 1 is 1.50 bits per heavy atom. The predicted molar refractivity (Wildman–Crippen MR) is 96.3 cm³/mol. The van der Waals surface area contributed by atoms with Crippen LogP contribution < -0.4 is 10.6 Å². The van der Waals surface area contributed by atoms with Crippen molar-refractivity contribution in [2.24, 2.45) is 0 Å². The molecule has 26 heavy (non-hydrogen) atoms. The number of aromatic amines is 1. The number of aromatic nitrogens is 3. The second-order valence-electron chi connectivity index (χ2n) is 6.07. The van der Waals surface area contributed by atoms with Gasteiger partial charge in [-0.1, -0.05) is 0 Å². The van der Waals surface area contributed by atoms with Crippen molar-refractivity contribution in [2.45, 2.75) is 18.9 Å². The summed E-state index contributed by atoms with van der Waals surface area (Å²) in [4.78, 5) is 23.5. The van der Waals surface area contributed by atoms with E-state index in [9.17, 15) is 13.2 Å². The van der Waals surface area contributed by atoms with Crippen LogP contribution in [-0.4, -0.2) is 72.3 Å². The molecule has 2 aromatic rings. The van der Waals surface area contributed by atoms with Gasteiger partial charge in [0.15, 0.2) is 11.5 Å². The third-order valence-electron chi connectivity index (χ3n) is 4.16. The second kappa shape index (κ2) is 7.98. The number of ether oxygens (including phenoxy) is 1. The molecule has 2 amide bonds. The summed E-state index contributed by atoms with van der Waals surface area (Å²) in [5, 5.41) is 5.44. The maximum atomic E-state index is 12.3. The van der Waals surface area contributed by atoms with Gasteiger partial charge in [0.05, 0.1) is 18.6 Å². The van der Waals surface area contributed by atoms with Crippen LogP contribution in [0.3, 0.4) is 0 Å². The molecule has 1 fully saturated rings. The van der Waals surface area contributed by atoms with Crippen LogP contribution in [0.4, 0.5) is 10.6 Å². The molecule has 142 valence electrons. The fraction of sp³-hybridized carbons (Fsp3) is 0.533. The van der Waals surface area contributed by atoms with Crippen molar-refractivity contribution >= 4 is 33.0 Å². The number of amides is 2. The van der Waals surface area contributed by atoms with Gasteiger partial charge in [-0.05, 0) is 18.9 Å². The Kier molecular flexibility index (Phi) is 5.69. The average molecular weight is 382 g/mol. The summed E-state index contributed by atoms with van der Waals surface area (Å²) in [6, 6.07) is 1.07. The van der Waals surface area contributed by atoms with Crippen molar-refractivity contribution in [1.82, 2.24) is 24.6 Å². The van der Waals surface area contributed by atoms with Gasteiger partial charge in [-0.3, -0.25) is 5.32 Å². The van der Waals surface area contributed by atoms with Crippen molar-refractivity contribution in [3.8, 4) is 0 Å². The largest absolute Gasteiger partial charge is 0.384 e. The van der Waals surface area contributed by atoms with Crippen LogP contribution in [0.25, 0.3) is 11.2 Å². The topological polar surface area (TPSA) is 129 Å². The van der Waals surface area contributed by atoms with Gasteiger partial charge in [0.25, 0.3) is 0 Å². The number of methoxy groups -OCH3 is 1. The lowest BCUT2D eigenvalue weighted by atomic mass is 10.1. The normalized spacial score (nSPS) is 18.7. The maximum absolute atomic E-state index is 12.3. The Balaban J connectivity index is 1.56. The molecule has 0 aromatic carbocycles. The van der Waals surface area contributed by atoms with E-state index >= 15 is 0 Å². The zero-order valence-corrected chi connectivity index (χ0v) is 15.3. The van der Waals surface area contributed by atoms with Crippen LogP contribution in [0, 0.1) is 0 Å². The second-order valence-corrected chi connectivity index (χ2v) is 8.16. The lowest BCUT2D eigenvalue weighted by Gasteiger charge is -2.32. The van der Waals surface area contributed by atoms with Crippen LogP contribution in [0.5, 0.6) is 0 Å². The molecule has 2 aromatic heterocycles. The van der Waals surface area contributed by atoms with E-state index < -0.39 is 16.1 Å². The highest BCUT2D eigenvalue weighted by Crippen LogP contribution is 2.15. The van der Waals surface area contributed by atoms with Crippen molar-refractivity contribution in [1.29, 1.82) is 0 Å². The van der Waals surface area contributed by atoms with E-state index in [0.717, 1.165) is 0 Å². The number of nitrogens with one attached hydrogen (secondary N) is 3. The van der Waals surface area contributed by atoms with Gasteiger partial charge in [-0.2, -0.15) is 4.31 Å². The van der Waals surface area contributed by atoms with E-state index in [1.54, 1.807) is 12.3 Å².